The van der Waals surface area contributed by atoms with Gasteiger partial charge in [-0.1, -0.05) is 23.7 Å². The number of imidazole rings is 1. The van der Waals surface area contributed by atoms with Crippen LogP contribution in [0.5, 0.6) is 0 Å². The molecule has 184 valence electrons. The van der Waals surface area contributed by atoms with E-state index < -0.39 is 16.6 Å². The third-order valence-electron chi connectivity index (χ3n) is 6.05. The van der Waals surface area contributed by atoms with Crippen LogP contribution >= 0.6 is 11.6 Å². The lowest BCUT2D eigenvalue weighted by atomic mass is 10.3. The molecule has 0 aliphatic rings. The first-order valence-corrected chi connectivity index (χ1v) is 11.8. The molecule has 0 aliphatic heterocycles. The monoisotopic (exact) mass is 500 g/mol. The molecule has 3 heterocycles. The summed E-state index contributed by atoms with van der Waals surface area (Å²) in [4.78, 5) is 29.5. The lowest BCUT2D eigenvalue weighted by molar-refractivity contribution is -0.897. The Hall–Kier alpha value is -3.70. The molecule has 0 saturated heterocycles. The predicted octanol–water partition coefficient (Wildman–Crippen LogP) is 2.92. The number of nitro groups is 1. The minimum atomic E-state index is -0.638. The van der Waals surface area contributed by atoms with Crippen LogP contribution in [0.4, 0.5) is 11.8 Å². The zero-order valence-corrected chi connectivity index (χ0v) is 20.5. The first-order valence-electron chi connectivity index (χ1n) is 11.4. The van der Waals surface area contributed by atoms with Gasteiger partial charge in [-0.15, -0.1) is 0 Å². The van der Waals surface area contributed by atoms with Crippen LogP contribution in [0.1, 0.15) is 35.9 Å². The van der Waals surface area contributed by atoms with Gasteiger partial charge in [0.15, 0.2) is 10.8 Å². The molecule has 35 heavy (non-hydrogen) atoms. The Labute approximate surface area is 206 Å². The number of aromatic nitrogens is 4. The Morgan fingerprint density at radius 1 is 1.23 bits per heavy atom. The number of benzene rings is 1. The number of furan rings is 1. The zero-order valence-electron chi connectivity index (χ0n) is 19.7. The summed E-state index contributed by atoms with van der Waals surface area (Å²) < 4.78 is 9.09. The average molecular weight is 501 g/mol. The fraction of sp³-hybridized carbons (Fsp3) is 0.348. The molecule has 0 aliphatic carbocycles. The van der Waals surface area contributed by atoms with Crippen LogP contribution in [0.15, 0.2) is 40.8 Å². The number of carbonyl (C=O) groups excluding carboxylic acids is 1. The average Bonchev–Trinajstić information content (AvgIpc) is 3.53. The van der Waals surface area contributed by atoms with Crippen molar-refractivity contribution in [2.45, 2.75) is 33.9 Å². The van der Waals surface area contributed by atoms with Crippen LogP contribution < -0.4 is 10.2 Å². The molecule has 12 heteroatoms. The van der Waals surface area contributed by atoms with Crippen molar-refractivity contribution in [2.24, 2.45) is 0 Å². The predicted molar refractivity (Wildman–Crippen MR) is 131 cm³/mol. The van der Waals surface area contributed by atoms with Gasteiger partial charge in [-0.3, -0.25) is 10.1 Å². The number of fused-ring (bicyclic) bond motifs is 1. The summed E-state index contributed by atoms with van der Waals surface area (Å²) in [5.41, 5.74) is 2.18. The van der Waals surface area contributed by atoms with Crippen molar-refractivity contribution in [2.75, 3.05) is 25.0 Å². The molecule has 11 nitrogen and oxygen atoms in total. The minimum Gasteiger partial charge on any atom is -0.454 e. The Morgan fingerprint density at radius 3 is 2.66 bits per heavy atom. The maximum absolute atomic E-state index is 13.0. The minimum absolute atomic E-state index is 0.0232. The Morgan fingerprint density at radius 2 is 1.97 bits per heavy atom. The van der Waals surface area contributed by atoms with Crippen molar-refractivity contribution < 1.29 is 19.0 Å². The third-order valence-corrected chi connectivity index (χ3v) is 6.49. The quantitative estimate of drug-likeness (QED) is 0.255. The van der Waals surface area contributed by atoms with E-state index in [0.29, 0.717) is 23.9 Å². The number of hydrogen-bond donors (Lipinski definition) is 2. The van der Waals surface area contributed by atoms with E-state index in [1.807, 2.05) is 28.8 Å². The number of carbonyl (C=O) groups is 1. The molecule has 0 radical (unpaired) electrons. The highest BCUT2D eigenvalue weighted by Crippen LogP contribution is 2.27. The van der Waals surface area contributed by atoms with Gasteiger partial charge in [0, 0.05) is 0 Å². The molecule has 0 bridgehead atoms. The van der Waals surface area contributed by atoms with E-state index in [4.69, 9.17) is 16.0 Å². The number of quaternary nitrogens is 1. The number of hydrogen-bond acceptors (Lipinski definition) is 6. The van der Waals surface area contributed by atoms with Gasteiger partial charge in [-0.25, -0.2) is 4.98 Å². The number of nitrogens with one attached hydrogen (secondary N) is 2. The van der Waals surface area contributed by atoms with Crippen molar-refractivity contribution in [3.05, 3.63) is 68.7 Å². The van der Waals surface area contributed by atoms with E-state index in [1.54, 1.807) is 19.1 Å². The normalized spacial score (nSPS) is 11.5. The van der Waals surface area contributed by atoms with Gasteiger partial charge in [0.25, 0.3) is 5.91 Å². The molecular weight excluding hydrogens is 474 g/mol. The highest BCUT2D eigenvalue weighted by Gasteiger charge is 2.25. The van der Waals surface area contributed by atoms with Gasteiger partial charge in [-0.2, -0.15) is 4.68 Å². The van der Waals surface area contributed by atoms with Crippen molar-refractivity contribution in [1.29, 1.82) is 0 Å². The summed E-state index contributed by atoms with van der Waals surface area (Å²) in [6.45, 7) is 9.67. The summed E-state index contributed by atoms with van der Waals surface area (Å²) >= 11 is 6.00. The number of rotatable bonds is 10. The van der Waals surface area contributed by atoms with E-state index >= 15 is 0 Å². The van der Waals surface area contributed by atoms with Crippen LogP contribution in [0, 0.1) is 17.0 Å². The lowest BCUT2D eigenvalue weighted by Crippen LogP contribution is -3.11. The van der Waals surface area contributed by atoms with E-state index in [0.717, 1.165) is 30.7 Å². The van der Waals surface area contributed by atoms with Crippen LogP contribution in [0.3, 0.4) is 0 Å². The van der Waals surface area contributed by atoms with Crippen LogP contribution in [0.25, 0.3) is 11.0 Å². The van der Waals surface area contributed by atoms with Crippen molar-refractivity contribution in [3.8, 4) is 0 Å². The Bertz CT molecular complexity index is 1370. The van der Waals surface area contributed by atoms with Crippen LogP contribution in [0.2, 0.25) is 5.02 Å². The van der Waals surface area contributed by atoms with Gasteiger partial charge in [0.05, 0.1) is 48.0 Å². The SMILES string of the molecule is CC[NH+](CC)CCn1c(NC(=O)c2ccc(Cn3nc([N+](=O)[O-])c(Cl)c3C)o2)nc2ccccc21. The highest BCUT2D eigenvalue weighted by molar-refractivity contribution is 6.33. The van der Waals surface area contributed by atoms with E-state index in [-0.39, 0.29) is 17.3 Å². The second-order valence-corrected chi connectivity index (χ2v) is 8.52. The molecule has 0 fully saturated rings. The molecular formula is C23H27ClN7O4+. The molecule has 0 spiro atoms. The summed E-state index contributed by atoms with van der Waals surface area (Å²) in [5, 5.41) is 17.8. The topological polar surface area (TPSA) is 125 Å². The molecule has 1 amide bonds. The van der Waals surface area contributed by atoms with Gasteiger partial charge in [-0.05, 0) is 50.0 Å². The number of likely N-dealkylation sites (N-methyl/N-ethyl adjacent to an activating group) is 1. The summed E-state index contributed by atoms with van der Waals surface area (Å²) in [6, 6.07) is 10.9. The van der Waals surface area contributed by atoms with Gasteiger partial charge >= 0.3 is 5.82 Å². The van der Waals surface area contributed by atoms with Gasteiger partial charge in [0.2, 0.25) is 5.95 Å². The van der Waals surface area contributed by atoms with Gasteiger partial charge in [0.1, 0.15) is 12.3 Å². The number of anilines is 1. The molecule has 0 unspecified atom stereocenters. The largest absolute Gasteiger partial charge is 0.454 e. The Balaban J connectivity index is 1.53. The van der Waals surface area contributed by atoms with Gasteiger partial charge < -0.3 is 24.0 Å². The van der Waals surface area contributed by atoms with Crippen molar-refractivity contribution in [3.63, 3.8) is 0 Å². The molecule has 1 aromatic carbocycles. The summed E-state index contributed by atoms with van der Waals surface area (Å²) in [7, 11) is 0. The number of amides is 1. The smallest absolute Gasteiger partial charge is 0.408 e. The van der Waals surface area contributed by atoms with E-state index in [9.17, 15) is 14.9 Å². The second kappa shape index (κ2) is 10.3. The lowest BCUT2D eigenvalue weighted by Gasteiger charge is -2.17. The molecule has 0 atom stereocenters. The second-order valence-electron chi connectivity index (χ2n) is 8.14. The van der Waals surface area contributed by atoms with Crippen LogP contribution in [-0.4, -0.2) is 49.8 Å². The van der Waals surface area contributed by atoms with Crippen molar-refractivity contribution >= 4 is 40.3 Å². The van der Waals surface area contributed by atoms with E-state index in [1.165, 1.54) is 9.58 Å². The zero-order chi connectivity index (χ0) is 25.1. The number of nitrogens with zero attached hydrogens (tertiary/aromatic N) is 5. The molecule has 4 rings (SSSR count). The number of halogens is 1. The fourth-order valence-electron chi connectivity index (χ4n) is 3.95. The van der Waals surface area contributed by atoms with Crippen molar-refractivity contribution in [1.82, 2.24) is 19.3 Å². The summed E-state index contributed by atoms with van der Waals surface area (Å²) in [5.74, 6) is 0.0960. The Kier molecular flexibility index (Phi) is 7.17. The molecule has 2 N–H and O–H groups in total. The fourth-order valence-corrected chi connectivity index (χ4v) is 4.15. The van der Waals surface area contributed by atoms with E-state index in [2.05, 4.69) is 29.2 Å². The third kappa shape index (κ3) is 5.05. The first kappa shape index (κ1) is 24.4. The highest BCUT2D eigenvalue weighted by atomic mass is 35.5. The maximum Gasteiger partial charge on any atom is 0.408 e. The molecule has 0 saturated carbocycles. The standard InChI is InChI=1S/C23H26ClN7O4/c1-4-28(5-2)12-13-29-18-9-7-6-8-17(18)25-23(29)26-22(32)19-11-10-16(35-19)14-30-15(3)20(24)21(27-30)31(33)34/h6-11H,4-5,12-14H2,1-3H3,(H,25,26,32)/p+1. The molecule has 3 aromatic heterocycles. The number of para-hydroxylation sites is 2. The van der Waals surface area contributed by atoms with Crippen LogP contribution in [-0.2, 0) is 13.1 Å². The summed E-state index contributed by atoms with van der Waals surface area (Å²) in [6.07, 6.45) is 0. The molecule has 4 aromatic rings. The maximum atomic E-state index is 13.0. The first-order chi connectivity index (χ1) is 16.8.